The summed E-state index contributed by atoms with van der Waals surface area (Å²) in [7, 11) is 0. The first-order valence-corrected chi connectivity index (χ1v) is 5.19. The molecule has 0 radical (unpaired) electrons. The van der Waals surface area contributed by atoms with Gasteiger partial charge in [0.25, 0.3) is 0 Å². The molecule has 0 fully saturated rings. The van der Waals surface area contributed by atoms with Crippen LogP contribution in [0.1, 0.15) is 24.7 Å². The van der Waals surface area contributed by atoms with Crippen molar-refractivity contribution in [3.05, 3.63) is 47.5 Å². The molecule has 0 saturated carbocycles. The summed E-state index contributed by atoms with van der Waals surface area (Å²) in [6, 6.07) is 9.80. The van der Waals surface area contributed by atoms with E-state index in [2.05, 4.69) is 12.6 Å². The van der Waals surface area contributed by atoms with Crippen molar-refractivity contribution in [3.63, 3.8) is 0 Å². The summed E-state index contributed by atoms with van der Waals surface area (Å²) in [5, 5.41) is 9.64. The van der Waals surface area contributed by atoms with Crippen molar-refractivity contribution in [2.75, 3.05) is 0 Å². The molecule has 76 valence electrons. The van der Waals surface area contributed by atoms with Crippen molar-refractivity contribution in [1.82, 2.24) is 0 Å². The topological polar surface area (TPSA) is 20.2 Å². The lowest BCUT2D eigenvalue weighted by molar-refractivity contribution is 0.220. The van der Waals surface area contributed by atoms with Gasteiger partial charge in [-0.2, -0.15) is 12.6 Å². The smallest absolute Gasteiger partial charge is 0.0880 e. The standard InChI is InChI=1S/C12H16OS/c1-9(2)8-11(13)12(14)10-6-4-3-5-7-10/h3-8,11-14H,1-2H3. The monoisotopic (exact) mass is 208 g/mol. The Morgan fingerprint density at radius 1 is 1.29 bits per heavy atom. The summed E-state index contributed by atoms with van der Waals surface area (Å²) in [5.41, 5.74) is 2.15. The molecule has 0 heterocycles. The van der Waals surface area contributed by atoms with Crippen LogP contribution < -0.4 is 0 Å². The molecule has 2 heteroatoms. The molecule has 0 aliphatic heterocycles. The molecule has 1 aromatic rings. The maximum Gasteiger partial charge on any atom is 0.0880 e. The van der Waals surface area contributed by atoms with Crippen LogP contribution in [-0.4, -0.2) is 11.2 Å². The second kappa shape index (κ2) is 5.23. The molecule has 1 aromatic carbocycles. The molecule has 2 unspecified atom stereocenters. The van der Waals surface area contributed by atoms with Crippen LogP contribution in [0.3, 0.4) is 0 Å². The summed E-state index contributed by atoms with van der Waals surface area (Å²) in [5.74, 6) is 0. The fourth-order valence-corrected chi connectivity index (χ4v) is 1.54. The van der Waals surface area contributed by atoms with Gasteiger partial charge < -0.3 is 5.11 Å². The van der Waals surface area contributed by atoms with Gasteiger partial charge in [-0.15, -0.1) is 0 Å². The number of benzene rings is 1. The Kier molecular flexibility index (Phi) is 4.23. The zero-order valence-electron chi connectivity index (χ0n) is 8.51. The van der Waals surface area contributed by atoms with Gasteiger partial charge in [0.2, 0.25) is 0 Å². The molecule has 0 spiro atoms. The fraction of sp³-hybridized carbons (Fsp3) is 0.333. The van der Waals surface area contributed by atoms with E-state index in [4.69, 9.17) is 0 Å². The third-order valence-corrected chi connectivity index (χ3v) is 2.57. The van der Waals surface area contributed by atoms with E-state index >= 15 is 0 Å². The zero-order valence-corrected chi connectivity index (χ0v) is 9.41. The molecule has 1 nitrogen and oxygen atoms in total. The molecule has 0 aromatic heterocycles. The summed E-state index contributed by atoms with van der Waals surface area (Å²) in [4.78, 5) is 0. The SMILES string of the molecule is CC(C)=CC(O)C(S)c1ccccc1. The van der Waals surface area contributed by atoms with Crippen LogP contribution in [0.5, 0.6) is 0 Å². The summed E-state index contributed by atoms with van der Waals surface area (Å²) >= 11 is 4.39. The van der Waals surface area contributed by atoms with E-state index in [1.165, 1.54) is 0 Å². The minimum absolute atomic E-state index is 0.147. The molecule has 0 saturated heterocycles. The van der Waals surface area contributed by atoms with Crippen molar-refractivity contribution in [3.8, 4) is 0 Å². The molecule has 0 aliphatic carbocycles. The van der Waals surface area contributed by atoms with Crippen LogP contribution >= 0.6 is 12.6 Å². The average Bonchev–Trinajstić information content (AvgIpc) is 2.17. The van der Waals surface area contributed by atoms with Crippen molar-refractivity contribution in [2.24, 2.45) is 0 Å². The van der Waals surface area contributed by atoms with Gasteiger partial charge in [0, 0.05) is 0 Å². The Bertz CT molecular complexity index is 301. The molecule has 14 heavy (non-hydrogen) atoms. The van der Waals surface area contributed by atoms with Gasteiger partial charge in [-0.3, -0.25) is 0 Å². The maximum atomic E-state index is 9.79. The third kappa shape index (κ3) is 3.20. The Morgan fingerprint density at radius 2 is 1.86 bits per heavy atom. The van der Waals surface area contributed by atoms with Crippen LogP contribution in [0, 0.1) is 0 Å². The van der Waals surface area contributed by atoms with Gasteiger partial charge in [0.15, 0.2) is 0 Å². The molecule has 2 atom stereocenters. The highest BCUT2D eigenvalue weighted by molar-refractivity contribution is 7.80. The second-order valence-corrected chi connectivity index (χ2v) is 4.15. The summed E-state index contributed by atoms with van der Waals surface area (Å²) in [6.07, 6.45) is 1.30. The maximum absolute atomic E-state index is 9.79. The predicted octanol–water partition coefficient (Wildman–Crippen LogP) is 2.98. The number of thiol groups is 1. The number of allylic oxidation sites excluding steroid dienone is 1. The van der Waals surface area contributed by atoms with Gasteiger partial charge in [-0.25, -0.2) is 0 Å². The summed E-state index contributed by atoms with van der Waals surface area (Å²) < 4.78 is 0. The first-order valence-electron chi connectivity index (χ1n) is 4.67. The van der Waals surface area contributed by atoms with Gasteiger partial charge in [0.1, 0.15) is 0 Å². The van der Waals surface area contributed by atoms with Crippen LogP contribution in [0.2, 0.25) is 0 Å². The quantitative estimate of drug-likeness (QED) is 0.578. The van der Waals surface area contributed by atoms with E-state index in [1.807, 2.05) is 50.3 Å². The number of hydrogen-bond donors (Lipinski definition) is 2. The molecule has 0 bridgehead atoms. The second-order valence-electron chi connectivity index (χ2n) is 3.59. The fourth-order valence-electron chi connectivity index (χ4n) is 1.28. The highest BCUT2D eigenvalue weighted by Crippen LogP contribution is 2.24. The van der Waals surface area contributed by atoms with E-state index in [0.717, 1.165) is 11.1 Å². The zero-order chi connectivity index (χ0) is 10.6. The van der Waals surface area contributed by atoms with Crippen molar-refractivity contribution in [2.45, 2.75) is 25.2 Å². The van der Waals surface area contributed by atoms with Gasteiger partial charge >= 0.3 is 0 Å². The number of aliphatic hydroxyl groups is 1. The molecular formula is C12H16OS. The highest BCUT2D eigenvalue weighted by Gasteiger charge is 2.13. The van der Waals surface area contributed by atoms with E-state index in [1.54, 1.807) is 0 Å². The van der Waals surface area contributed by atoms with Crippen LogP contribution in [0.25, 0.3) is 0 Å². The molecule has 1 rings (SSSR count). The van der Waals surface area contributed by atoms with Crippen LogP contribution in [0.4, 0.5) is 0 Å². The van der Waals surface area contributed by atoms with E-state index in [0.29, 0.717) is 0 Å². The van der Waals surface area contributed by atoms with Gasteiger partial charge in [-0.05, 0) is 19.4 Å². The van der Waals surface area contributed by atoms with Crippen molar-refractivity contribution < 1.29 is 5.11 Å². The molecule has 0 amide bonds. The predicted molar refractivity (Wildman–Crippen MR) is 63.6 cm³/mol. The third-order valence-electron chi connectivity index (χ3n) is 1.97. The molecule has 1 N–H and O–H groups in total. The lowest BCUT2D eigenvalue weighted by Gasteiger charge is -2.15. The first-order chi connectivity index (χ1) is 6.61. The van der Waals surface area contributed by atoms with E-state index in [-0.39, 0.29) is 5.25 Å². The van der Waals surface area contributed by atoms with Crippen LogP contribution in [-0.2, 0) is 0 Å². The Balaban J connectivity index is 2.76. The molecule has 0 aliphatic rings. The van der Waals surface area contributed by atoms with Gasteiger partial charge in [-0.1, -0.05) is 42.0 Å². The normalized spacial score (nSPS) is 14.6. The number of aliphatic hydroxyl groups excluding tert-OH is 1. The van der Waals surface area contributed by atoms with E-state index in [9.17, 15) is 5.11 Å². The number of rotatable bonds is 3. The average molecular weight is 208 g/mol. The minimum atomic E-state index is -0.522. The Labute approximate surface area is 90.9 Å². The van der Waals surface area contributed by atoms with Crippen LogP contribution in [0.15, 0.2) is 42.0 Å². The minimum Gasteiger partial charge on any atom is -0.388 e. The Hall–Kier alpha value is -0.730. The lowest BCUT2D eigenvalue weighted by atomic mass is 10.1. The summed E-state index contributed by atoms with van der Waals surface area (Å²) in [6.45, 7) is 3.93. The van der Waals surface area contributed by atoms with Crippen molar-refractivity contribution >= 4 is 12.6 Å². The van der Waals surface area contributed by atoms with Crippen molar-refractivity contribution in [1.29, 1.82) is 0 Å². The number of hydrogen-bond acceptors (Lipinski definition) is 2. The first kappa shape index (κ1) is 11.3. The lowest BCUT2D eigenvalue weighted by Crippen LogP contribution is -2.11. The Morgan fingerprint density at radius 3 is 2.36 bits per heavy atom. The van der Waals surface area contributed by atoms with E-state index < -0.39 is 6.10 Å². The largest absolute Gasteiger partial charge is 0.388 e. The highest BCUT2D eigenvalue weighted by atomic mass is 32.1. The molecular weight excluding hydrogens is 192 g/mol. The van der Waals surface area contributed by atoms with Gasteiger partial charge in [0.05, 0.1) is 11.4 Å².